The molecule has 16 heavy (non-hydrogen) atoms. The van der Waals surface area contributed by atoms with Crippen LogP contribution in [0.1, 0.15) is 30.6 Å². The van der Waals surface area contributed by atoms with E-state index in [0.717, 1.165) is 24.3 Å². The van der Waals surface area contributed by atoms with Crippen LogP contribution in [-0.4, -0.2) is 6.54 Å². The van der Waals surface area contributed by atoms with Crippen molar-refractivity contribution in [3.05, 3.63) is 20.8 Å². The minimum Gasteiger partial charge on any atom is -0.312 e. The maximum absolute atomic E-state index is 3.63. The predicted molar refractivity (Wildman–Crippen MR) is 72.7 cm³/mol. The second-order valence-electron chi connectivity index (χ2n) is 5.30. The normalized spacial score (nSPS) is 32.4. The van der Waals surface area contributed by atoms with Crippen molar-refractivity contribution in [3.63, 3.8) is 0 Å². The van der Waals surface area contributed by atoms with E-state index < -0.39 is 0 Å². The topological polar surface area (TPSA) is 12.0 Å². The van der Waals surface area contributed by atoms with Crippen LogP contribution in [0.15, 0.2) is 15.9 Å². The maximum Gasteiger partial charge on any atom is 0.0300 e. The third kappa shape index (κ3) is 2.36. The Labute approximate surface area is 110 Å². The molecule has 0 radical (unpaired) electrons. The lowest BCUT2D eigenvalue weighted by atomic mass is 9.89. The lowest BCUT2D eigenvalue weighted by molar-refractivity contribution is 0.319. The van der Waals surface area contributed by atoms with E-state index in [-0.39, 0.29) is 0 Å². The molecule has 2 saturated carbocycles. The highest BCUT2D eigenvalue weighted by molar-refractivity contribution is 9.10. The summed E-state index contributed by atoms with van der Waals surface area (Å²) in [7, 11) is 0. The molecule has 0 aromatic carbocycles. The number of fused-ring (bicyclic) bond motifs is 2. The van der Waals surface area contributed by atoms with Gasteiger partial charge in [0.25, 0.3) is 0 Å². The summed E-state index contributed by atoms with van der Waals surface area (Å²) >= 11 is 5.34. The molecule has 0 aliphatic heterocycles. The van der Waals surface area contributed by atoms with Crippen LogP contribution >= 0.6 is 27.3 Å². The summed E-state index contributed by atoms with van der Waals surface area (Å²) in [6.07, 6.45) is 6.03. The highest BCUT2D eigenvalue weighted by Gasteiger charge is 2.38. The molecule has 2 fully saturated rings. The fourth-order valence-electron chi connectivity index (χ4n) is 3.45. The van der Waals surface area contributed by atoms with Crippen LogP contribution in [0.25, 0.3) is 0 Å². The van der Waals surface area contributed by atoms with Crippen molar-refractivity contribution in [2.45, 2.75) is 32.2 Å². The molecule has 1 N–H and O–H groups in total. The summed E-state index contributed by atoms with van der Waals surface area (Å²) in [5.41, 5.74) is 0. The summed E-state index contributed by atoms with van der Waals surface area (Å²) in [5, 5.41) is 5.79. The standard InChI is InChI=1S/C13H18BrNS/c14-12-5-13(16-8-12)7-15-6-11-4-9-1-2-10(11)3-9/h5,8-11,15H,1-4,6-7H2. The third-order valence-electron chi connectivity index (χ3n) is 4.21. The van der Waals surface area contributed by atoms with E-state index in [1.807, 2.05) is 11.3 Å². The number of rotatable bonds is 4. The van der Waals surface area contributed by atoms with Crippen molar-refractivity contribution in [1.82, 2.24) is 5.32 Å². The largest absolute Gasteiger partial charge is 0.312 e. The molecule has 1 heterocycles. The summed E-state index contributed by atoms with van der Waals surface area (Å²) in [5.74, 6) is 3.10. The minimum absolute atomic E-state index is 0.974. The van der Waals surface area contributed by atoms with E-state index in [2.05, 4.69) is 32.7 Å². The molecule has 2 aliphatic rings. The van der Waals surface area contributed by atoms with Gasteiger partial charge in [-0.3, -0.25) is 0 Å². The van der Waals surface area contributed by atoms with E-state index in [4.69, 9.17) is 0 Å². The second-order valence-corrected chi connectivity index (χ2v) is 7.21. The van der Waals surface area contributed by atoms with Crippen molar-refractivity contribution in [3.8, 4) is 0 Å². The molecule has 1 aromatic heterocycles. The number of hydrogen-bond donors (Lipinski definition) is 1. The zero-order valence-corrected chi connectivity index (χ0v) is 11.8. The van der Waals surface area contributed by atoms with Gasteiger partial charge in [0.2, 0.25) is 0 Å². The minimum atomic E-state index is 0.974. The van der Waals surface area contributed by atoms with Crippen LogP contribution in [0.4, 0.5) is 0 Å². The van der Waals surface area contributed by atoms with E-state index in [1.54, 1.807) is 0 Å². The van der Waals surface area contributed by atoms with E-state index in [1.165, 1.54) is 41.6 Å². The van der Waals surface area contributed by atoms with Crippen LogP contribution in [0.3, 0.4) is 0 Å². The van der Waals surface area contributed by atoms with Gasteiger partial charge in [-0.15, -0.1) is 11.3 Å². The van der Waals surface area contributed by atoms with Gasteiger partial charge in [-0.25, -0.2) is 0 Å². The molecular weight excluding hydrogens is 282 g/mol. The third-order valence-corrected chi connectivity index (χ3v) is 5.91. The Bertz CT molecular complexity index is 363. The highest BCUT2D eigenvalue weighted by Crippen LogP contribution is 2.47. The number of halogens is 1. The number of hydrogen-bond acceptors (Lipinski definition) is 2. The Kier molecular flexibility index (Phi) is 3.37. The van der Waals surface area contributed by atoms with Gasteiger partial charge in [0.15, 0.2) is 0 Å². The number of nitrogens with one attached hydrogen (secondary N) is 1. The first-order chi connectivity index (χ1) is 7.81. The van der Waals surface area contributed by atoms with Crippen molar-refractivity contribution in [2.75, 3.05) is 6.54 Å². The Morgan fingerprint density at radius 3 is 2.94 bits per heavy atom. The van der Waals surface area contributed by atoms with Gasteiger partial charge in [0.1, 0.15) is 0 Å². The van der Waals surface area contributed by atoms with Crippen LogP contribution in [0.5, 0.6) is 0 Å². The SMILES string of the molecule is Brc1csc(CNCC2CC3CCC2C3)c1. The second kappa shape index (κ2) is 4.79. The van der Waals surface area contributed by atoms with Gasteiger partial charge in [-0.1, -0.05) is 6.42 Å². The molecule has 1 nitrogen and oxygen atoms in total. The summed E-state index contributed by atoms with van der Waals surface area (Å²) in [6, 6.07) is 2.22. The van der Waals surface area contributed by atoms with Crippen LogP contribution in [-0.2, 0) is 6.54 Å². The maximum atomic E-state index is 3.63. The molecule has 3 heteroatoms. The molecule has 3 rings (SSSR count). The van der Waals surface area contributed by atoms with Crippen LogP contribution < -0.4 is 5.32 Å². The molecule has 2 bridgehead atoms. The zero-order valence-electron chi connectivity index (χ0n) is 9.42. The predicted octanol–water partition coefficient (Wildman–Crippen LogP) is 4.04. The summed E-state index contributed by atoms with van der Waals surface area (Å²) in [4.78, 5) is 1.44. The highest BCUT2D eigenvalue weighted by atomic mass is 79.9. The fourth-order valence-corrected chi connectivity index (χ4v) is 4.87. The van der Waals surface area contributed by atoms with Gasteiger partial charge in [0, 0.05) is 21.3 Å². The van der Waals surface area contributed by atoms with Crippen molar-refractivity contribution in [1.29, 1.82) is 0 Å². The van der Waals surface area contributed by atoms with Crippen molar-refractivity contribution < 1.29 is 0 Å². The lowest BCUT2D eigenvalue weighted by Crippen LogP contribution is -2.25. The fraction of sp³-hybridized carbons (Fsp3) is 0.692. The van der Waals surface area contributed by atoms with Crippen molar-refractivity contribution in [2.24, 2.45) is 17.8 Å². The lowest BCUT2D eigenvalue weighted by Gasteiger charge is -2.21. The van der Waals surface area contributed by atoms with Crippen LogP contribution in [0, 0.1) is 17.8 Å². The molecule has 0 amide bonds. The van der Waals surface area contributed by atoms with Crippen LogP contribution in [0.2, 0.25) is 0 Å². The van der Waals surface area contributed by atoms with E-state index >= 15 is 0 Å². The Balaban J connectivity index is 1.44. The Morgan fingerprint density at radius 1 is 1.38 bits per heavy atom. The monoisotopic (exact) mass is 299 g/mol. The van der Waals surface area contributed by atoms with E-state index in [9.17, 15) is 0 Å². The summed E-state index contributed by atoms with van der Waals surface area (Å²) in [6.45, 7) is 2.28. The average Bonchev–Trinajstić information content (AvgIpc) is 2.94. The van der Waals surface area contributed by atoms with Gasteiger partial charge < -0.3 is 5.32 Å². The number of thiophene rings is 1. The zero-order chi connectivity index (χ0) is 11.0. The molecule has 0 spiro atoms. The van der Waals surface area contributed by atoms with Gasteiger partial charge in [-0.05, 0) is 65.6 Å². The molecule has 2 aliphatic carbocycles. The molecule has 3 unspecified atom stereocenters. The molecule has 88 valence electrons. The van der Waals surface area contributed by atoms with Gasteiger partial charge >= 0.3 is 0 Å². The quantitative estimate of drug-likeness (QED) is 0.885. The Morgan fingerprint density at radius 2 is 2.31 bits per heavy atom. The first-order valence-corrected chi connectivity index (χ1v) is 7.92. The average molecular weight is 300 g/mol. The van der Waals surface area contributed by atoms with Gasteiger partial charge in [0.05, 0.1) is 0 Å². The van der Waals surface area contributed by atoms with Gasteiger partial charge in [-0.2, -0.15) is 0 Å². The smallest absolute Gasteiger partial charge is 0.0300 e. The summed E-state index contributed by atoms with van der Waals surface area (Å²) < 4.78 is 1.22. The first kappa shape index (κ1) is 11.2. The molecule has 0 saturated heterocycles. The molecule has 1 aromatic rings. The Hall–Kier alpha value is 0.140. The first-order valence-electron chi connectivity index (χ1n) is 6.25. The molecule has 3 atom stereocenters. The van der Waals surface area contributed by atoms with E-state index in [0.29, 0.717) is 0 Å². The van der Waals surface area contributed by atoms with Crippen molar-refractivity contribution >= 4 is 27.3 Å². The molecular formula is C13H18BrNS.